The van der Waals surface area contributed by atoms with Crippen LogP contribution in [-0.4, -0.2) is 30.1 Å². The van der Waals surface area contributed by atoms with Crippen molar-refractivity contribution in [2.45, 2.75) is 38.1 Å². The van der Waals surface area contributed by atoms with E-state index in [4.69, 9.17) is 17.0 Å². The van der Waals surface area contributed by atoms with Crippen molar-refractivity contribution in [1.29, 1.82) is 0 Å². The molecule has 0 unspecified atom stereocenters. The molecule has 0 aromatic heterocycles. The Bertz CT molecular complexity index is 968. The Morgan fingerprint density at radius 1 is 1.03 bits per heavy atom. The highest BCUT2D eigenvalue weighted by Crippen LogP contribution is 2.20. The largest absolute Gasteiger partial charge is 0.496 e. The van der Waals surface area contributed by atoms with E-state index in [1.54, 1.807) is 31.4 Å². The number of ether oxygens (including phenoxy) is 1. The minimum atomic E-state index is -0.382. The number of benzene rings is 2. The van der Waals surface area contributed by atoms with Gasteiger partial charge in [0.2, 0.25) is 5.91 Å². The third kappa shape index (κ3) is 6.65. The quantitative estimate of drug-likeness (QED) is 0.464. The van der Waals surface area contributed by atoms with Crippen LogP contribution in [0.4, 0.5) is 5.69 Å². The average molecular weight is 438 g/mol. The maximum Gasteiger partial charge on any atom is 0.253 e. The molecule has 162 valence electrons. The van der Waals surface area contributed by atoms with E-state index in [1.807, 2.05) is 30.3 Å². The zero-order chi connectivity index (χ0) is 22.1. The molecule has 0 radical (unpaired) electrons. The van der Waals surface area contributed by atoms with E-state index in [1.165, 1.54) is 12.5 Å². The summed E-state index contributed by atoms with van der Waals surface area (Å²) in [7, 11) is 1.58. The van der Waals surface area contributed by atoms with Crippen molar-refractivity contribution in [1.82, 2.24) is 10.6 Å². The van der Waals surface area contributed by atoms with Crippen LogP contribution in [0.3, 0.4) is 0 Å². The molecule has 1 fully saturated rings. The summed E-state index contributed by atoms with van der Waals surface area (Å²) >= 11 is 5.27. The second kappa shape index (κ2) is 11.3. The Balaban J connectivity index is 1.59. The number of thiocarbonyl (C=S) groups is 1. The summed E-state index contributed by atoms with van der Waals surface area (Å²) in [6.07, 6.45) is 8.56. The van der Waals surface area contributed by atoms with Crippen LogP contribution in [0.5, 0.6) is 5.75 Å². The molecular formula is C24H27N3O3S. The lowest BCUT2D eigenvalue weighted by molar-refractivity contribution is -0.115. The standard InChI is InChI=1S/C24H27N3O3S/c1-30-21-14-8-5-9-17(21)15-16-22(28)27-24(31)26-20-13-7-6-12-19(20)23(29)25-18-10-3-2-4-11-18/h5-9,12-16,18H,2-4,10-11H2,1H3,(H,25,29)(H2,26,27,28,31). The third-order valence-electron chi connectivity index (χ3n) is 5.15. The average Bonchev–Trinajstić information content (AvgIpc) is 2.78. The number of hydrogen-bond donors (Lipinski definition) is 3. The molecule has 0 aliphatic heterocycles. The van der Waals surface area contributed by atoms with Crippen LogP contribution in [-0.2, 0) is 4.79 Å². The second-order valence-electron chi connectivity index (χ2n) is 7.37. The summed E-state index contributed by atoms with van der Waals surface area (Å²) in [6.45, 7) is 0. The summed E-state index contributed by atoms with van der Waals surface area (Å²) < 4.78 is 5.27. The van der Waals surface area contributed by atoms with Gasteiger partial charge in [0.15, 0.2) is 5.11 Å². The zero-order valence-electron chi connectivity index (χ0n) is 17.5. The molecule has 2 aromatic carbocycles. The van der Waals surface area contributed by atoms with Gasteiger partial charge in [0, 0.05) is 17.7 Å². The highest BCUT2D eigenvalue weighted by Gasteiger charge is 2.18. The summed E-state index contributed by atoms with van der Waals surface area (Å²) in [5, 5.41) is 8.79. The maximum atomic E-state index is 12.8. The molecule has 3 N–H and O–H groups in total. The van der Waals surface area contributed by atoms with Gasteiger partial charge in [-0.2, -0.15) is 0 Å². The van der Waals surface area contributed by atoms with Crippen LogP contribution >= 0.6 is 12.2 Å². The first kappa shape index (κ1) is 22.5. The highest BCUT2D eigenvalue weighted by molar-refractivity contribution is 7.80. The summed E-state index contributed by atoms with van der Waals surface area (Å²) in [6, 6.07) is 14.7. The molecule has 1 saturated carbocycles. The SMILES string of the molecule is COc1ccccc1C=CC(=O)NC(=S)Nc1ccccc1C(=O)NC1CCCCC1. The van der Waals surface area contributed by atoms with E-state index in [-0.39, 0.29) is 23.0 Å². The van der Waals surface area contributed by atoms with Crippen molar-refractivity contribution < 1.29 is 14.3 Å². The number of carbonyl (C=O) groups is 2. The van der Waals surface area contributed by atoms with Crippen LogP contribution in [0.15, 0.2) is 54.6 Å². The molecule has 2 amide bonds. The predicted molar refractivity (Wildman–Crippen MR) is 127 cm³/mol. The fourth-order valence-corrected chi connectivity index (χ4v) is 3.79. The number of anilines is 1. The van der Waals surface area contributed by atoms with E-state index in [0.717, 1.165) is 31.2 Å². The number of para-hydroxylation sites is 2. The van der Waals surface area contributed by atoms with E-state index >= 15 is 0 Å². The van der Waals surface area contributed by atoms with Crippen molar-refractivity contribution in [3.63, 3.8) is 0 Å². The van der Waals surface area contributed by atoms with E-state index < -0.39 is 0 Å². The minimum absolute atomic E-state index is 0.118. The van der Waals surface area contributed by atoms with Gasteiger partial charge in [-0.3, -0.25) is 14.9 Å². The molecule has 6 nitrogen and oxygen atoms in total. The smallest absolute Gasteiger partial charge is 0.253 e. The van der Waals surface area contributed by atoms with E-state index in [2.05, 4.69) is 16.0 Å². The molecule has 0 heterocycles. The van der Waals surface area contributed by atoms with Crippen molar-refractivity contribution in [3.8, 4) is 5.75 Å². The number of nitrogens with one attached hydrogen (secondary N) is 3. The number of rotatable bonds is 6. The monoisotopic (exact) mass is 437 g/mol. The van der Waals surface area contributed by atoms with E-state index in [9.17, 15) is 9.59 Å². The molecule has 31 heavy (non-hydrogen) atoms. The fraction of sp³-hybridized carbons (Fsp3) is 0.292. The number of methoxy groups -OCH3 is 1. The van der Waals surface area contributed by atoms with Gasteiger partial charge in [-0.25, -0.2) is 0 Å². The van der Waals surface area contributed by atoms with Crippen LogP contribution in [0, 0.1) is 0 Å². The number of amides is 2. The van der Waals surface area contributed by atoms with Crippen LogP contribution in [0.1, 0.15) is 48.0 Å². The summed E-state index contributed by atoms with van der Waals surface area (Å²) in [5.74, 6) is 0.151. The first-order valence-corrected chi connectivity index (χ1v) is 10.8. The summed E-state index contributed by atoms with van der Waals surface area (Å²) in [4.78, 5) is 25.0. The van der Waals surface area contributed by atoms with Crippen molar-refractivity contribution in [2.24, 2.45) is 0 Å². The molecule has 0 bridgehead atoms. The molecule has 0 spiro atoms. The Kier molecular flexibility index (Phi) is 8.18. The second-order valence-corrected chi connectivity index (χ2v) is 7.78. The van der Waals surface area contributed by atoms with Gasteiger partial charge < -0.3 is 15.4 Å². The molecule has 3 rings (SSSR count). The fourth-order valence-electron chi connectivity index (χ4n) is 3.58. The van der Waals surface area contributed by atoms with Crippen molar-refractivity contribution >= 4 is 40.9 Å². The van der Waals surface area contributed by atoms with Crippen molar-refractivity contribution in [2.75, 3.05) is 12.4 Å². The molecule has 7 heteroatoms. The normalized spacial score (nSPS) is 14.1. The first-order chi connectivity index (χ1) is 15.1. The number of carbonyl (C=O) groups excluding carboxylic acids is 2. The molecule has 0 saturated heterocycles. The van der Waals surface area contributed by atoms with Gasteiger partial charge in [0.25, 0.3) is 5.91 Å². The van der Waals surface area contributed by atoms with Gasteiger partial charge in [-0.15, -0.1) is 0 Å². The topological polar surface area (TPSA) is 79.5 Å². The molecule has 0 atom stereocenters. The minimum Gasteiger partial charge on any atom is -0.496 e. The Hall–Kier alpha value is -3.19. The molecular weight excluding hydrogens is 410 g/mol. The summed E-state index contributed by atoms with van der Waals surface area (Å²) in [5.41, 5.74) is 1.83. The van der Waals surface area contributed by atoms with Gasteiger partial charge in [-0.1, -0.05) is 49.6 Å². The molecule has 1 aliphatic rings. The molecule has 2 aromatic rings. The van der Waals surface area contributed by atoms with Crippen molar-refractivity contribution in [3.05, 3.63) is 65.7 Å². The lowest BCUT2D eigenvalue weighted by atomic mass is 9.95. The lowest BCUT2D eigenvalue weighted by Crippen LogP contribution is -2.37. The lowest BCUT2D eigenvalue weighted by Gasteiger charge is -2.23. The molecule has 1 aliphatic carbocycles. The van der Waals surface area contributed by atoms with Gasteiger partial charge in [0.05, 0.1) is 18.4 Å². The van der Waals surface area contributed by atoms with Gasteiger partial charge in [-0.05, 0) is 49.3 Å². The Labute approximate surface area is 188 Å². The first-order valence-electron chi connectivity index (χ1n) is 10.4. The third-order valence-corrected chi connectivity index (χ3v) is 5.35. The van der Waals surface area contributed by atoms with Gasteiger partial charge >= 0.3 is 0 Å². The van der Waals surface area contributed by atoms with Crippen LogP contribution in [0.25, 0.3) is 6.08 Å². The Morgan fingerprint density at radius 2 is 1.74 bits per heavy atom. The number of hydrogen-bond acceptors (Lipinski definition) is 4. The Morgan fingerprint density at radius 3 is 2.52 bits per heavy atom. The van der Waals surface area contributed by atoms with Crippen LogP contribution < -0.4 is 20.7 Å². The predicted octanol–water partition coefficient (Wildman–Crippen LogP) is 4.28. The maximum absolute atomic E-state index is 12.8. The highest BCUT2D eigenvalue weighted by atomic mass is 32.1. The van der Waals surface area contributed by atoms with E-state index in [0.29, 0.717) is 17.0 Å². The van der Waals surface area contributed by atoms with Crippen LogP contribution in [0.2, 0.25) is 0 Å². The van der Waals surface area contributed by atoms with Gasteiger partial charge in [0.1, 0.15) is 5.75 Å². The zero-order valence-corrected chi connectivity index (χ0v) is 18.3.